The van der Waals surface area contributed by atoms with Crippen LogP contribution in [0.2, 0.25) is 0 Å². The van der Waals surface area contributed by atoms with Crippen LogP contribution in [0.4, 0.5) is 0 Å². The van der Waals surface area contributed by atoms with Crippen molar-refractivity contribution in [2.24, 2.45) is 17.4 Å². The molecule has 2 aliphatic heterocycles. The third-order valence-electron chi connectivity index (χ3n) is 15.7. The van der Waals surface area contributed by atoms with E-state index in [1.807, 2.05) is 123 Å². The molecular weight excluding hydrogens is 1130 g/mol. The number of fused-ring (bicyclic) bond motifs is 2. The normalized spacial score (nSPS) is 16.2. The number of nitrogens with two attached hydrogens (primary N) is 2. The molecule has 9 N–H and O–H groups in total. The van der Waals surface area contributed by atoms with Gasteiger partial charge in [-0.25, -0.2) is 0 Å². The van der Waals surface area contributed by atoms with Gasteiger partial charge in [-0.3, -0.25) is 48.3 Å². The minimum Gasteiger partial charge on any atom is -0.356 e. The molecule has 4 heterocycles. The van der Waals surface area contributed by atoms with Crippen molar-refractivity contribution >= 4 is 90.5 Å². The molecule has 0 saturated carbocycles. The number of nitrogens with zero attached hydrogens (tertiary/aromatic N) is 4. The van der Waals surface area contributed by atoms with Gasteiger partial charge < -0.3 is 47.9 Å². The molecule has 6 aromatic rings. The first kappa shape index (κ1) is 64.3. The van der Waals surface area contributed by atoms with Crippen LogP contribution in [0.5, 0.6) is 0 Å². The number of amides is 7. The molecule has 2 aliphatic rings. The van der Waals surface area contributed by atoms with Gasteiger partial charge in [0.25, 0.3) is 11.8 Å². The summed E-state index contributed by atoms with van der Waals surface area (Å²) in [6, 6.07) is 32.0. The monoisotopic (exact) mass is 1210 g/mol. The maximum absolute atomic E-state index is 15.2. The zero-order valence-corrected chi connectivity index (χ0v) is 50.6. The number of Topliss-reactive ketones (excluding diaryl/α,β-unsaturated/α-hetero) is 1. The number of hydrogen-bond donors (Lipinski definition) is 7. The van der Waals surface area contributed by atoms with Crippen molar-refractivity contribution in [3.63, 3.8) is 0 Å². The lowest BCUT2D eigenvalue weighted by atomic mass is 9.90. The Balaban J connectivity index is 1.05. The summed E-state index contributed by atoms with van der Waals surface area (Å²) in [5, 5.41) is 16.2. The van der Waals surface area contributed by atoms with Crippen LogP contribution in [0, 0.1) is 5.92 Å². The molecule has 21 heteroatoms. The Morgan fingerprint density at radius 1 is 0.558 bits per heavy atom. The number of aromatic nitrogens is 2. The van der Waals surface area contributed by atoms with Gasteiger partial charge in [-0.05, 0) is 106 Å². The molecule has 0 bridgehead atoms. The number of benzene rings is 4. The SMILES string of the molecule is CCc1nc2ccccc2cc1C(=O)N[C@@H](CSSC[C@H](NC(=O)c1cc2ccccc2nc1CC)C(=O)N1CCC[C@H]1C(=O)N[C@@H](Cc1ccccc1)C(=O)NCCCN)C(=O)N1CCC[C@H]1C(=O)C[C@@H](Cc1ccccc1)C(=O)NCCCN. The van der Waals surface area contributed by atoms with E-state index in [9.17, 15) is 28.8 Å². The zero-order valence-electron chi connectivity index (χ0n) is 49.0. The van der Waals surface area contributed by atoms with Crippen molar-refractivity contribution in [1.29, 1.82) is 0 Å². The first-order chi connectivity index (χ1) is 41.8. The summed E-state index contributed by atoms with van der Waals surface area (Å²) in [5.41, 5.74) is 16.2. The Bertz CT molecular complexity index is 3120. The number of nitrogens with one attached hydrogen (secondary N) is 5. The standard InChI is InChI=1S/C65H79N11O8S2/c1-3-49-47(37-44-23-11-13-25-51(44)70-49)60(79)73-54(64(83)75-33-15-27-56(75)58(77)39-46(59(78)68-31-17-29-66)35-42-19-7-5-8-20-42)40-85-86-41-55(74-61(80)48-38-45-24-12-14-26-52(45)71-50(48)4-2)65(84)76-34-16-28-57(76)63(82)72-53(62(81)69-32-18-30-67)36-43-21-9-6-10-22-43/h5-14,19-26,37-38,46,53-57H,3-4,15-18,27-36,39-41,66-67H2,1-2H3,(H,68,78)(H,69,81)(H,72,82)(H,73,79)(H,74,80)/t46-,53+,54+,55+,56+,57+/m1/s1. The summed E-state index contributed by atoms with van der Waals surface area (Å²) in [4.78, 5) is 128. The molecule has 0 aliphatic carbocycles. The molecule has 0 radical (unpaired) electrons. The fourth-order valence-corrected chi connectivity index (χ4v) is 13.4. The van der Waals surface area contributed by atoms with Crippen LogP contribution < -0.4 is 38.1 Å². The van der Waals surface area contributed by atoms with Gasteiger partial charge in [-0.2, -0.15) is 0 Å². The van der Waals surface area contributed by atoms with E-state index in [1.165, 1.54) is 31.4 Å². The van der Waals surface area contributed by atoms with E-state index in [4.69, 9.17) is 21.4 Å². The topological polar surface area (TPSA) is 281 Å². The first-order valence-electron chi connectivity index (χ1n) is 29.9. The van der Waals surface area contributed by atoms with Gasteiger partial charge in [0.2, 0.25) is 29.5 Å². The Hall–Kier alpha value is -7.72. The van der Waals surface area contributed by atoms with Crippen molar-refractivity contribution in [2.75, 3.05) is 50.8 Å². The predicted octanol–water partition coefficient (Wildman–Crippen LogP) is 5.64. The molecule has 0 spiro atoms. The van der Waals surface area contributed by atoms with E-state index in [-0.39, 0.29) is 60.6 Å². The average Bonchev–Trinajstić information content (AvgIpc) is 2.21. The van der Waals surface area contributed by atoms with Gasteiger partial charge >= 0.3 is 0 Å². The molecule has 2 saturated heterocycles. The molecule has 4 aromatic carbocycles. The molecule has 2 aromatic heterocycles. The van der Waals surface area contributed by atoms with E-state index in [0.29, 0.717) is 112 Å². The van der Waals surface area contributed by atoms with Gasteiger partial charge in [0, 0.05) is 67.2 Å². The molecule has 454 valence electrons. The van der Waals surface area contributed by atoms with Gasteiger partial charge in [-0.1, -0.05) is 132 Å². The second-order valence-corrected chi connectivity index (χ2v) is 24.3. The highest BCUT2D eigenvalue weighted by Gasteiger charge is 2.41. The Morgan fingerprint density at radius 3 is 1.51 bits per heavy atom. The molecule has 8 rings (SSSR count). The predicted molar refractivity (Wildman–Crippen MR) is 338 cm³/mol. The number of hydrogen-bond acceptors (Lipinski definition) is 14. The number of rotatable bonds is 30. The number of carbonyl (C=O) groups is 8. The summed E-state index contributed by atoms with van der Waals surface area (Å²) in [7, 11) is 2.41. The summed E-state index contributed by atoms with van der Waals surface area (Å²) < 4.78 is 0. The highest BCUT2D eigenvalue weighted by Crippen LogP contribution is 2.30. The second kappa shape index (κ2) is 32.1. The number of pyridine rings is 2. The minimum atomic E-state index is -1.21. The van der Waals surface area contributed by atoms with Gasteiger partial charge in [0.15, 0.2) is 5.78 Å². The quantitative estimate of drug-likeness (QED) is 0.0212. The first-order valence-corrected chi connectivity index (χ1v) is 32.4. The fraction of sp³-hybridized carbons (Fsp3) is 0.415. The van der Waals surface area contributed by atoms with Crippen molar-refractivity contribution in [2.45, 2.75) is 115 Å². The maximum atomic E-state index is 15.2. The largest absolute Gasteiger partial charge is 0.356 e. The minimum absolute atomic E-state index is 0.0242. The summed E-state index contributed by atoms with van der Waals surface area (Å²) in [5.74, 6) is -4.27. The molecule has 6 atom stereocenters. The third-order valence-corrected chi connectivity index (χ3v) is 18.1. The van der Waals surface area contributed by atoms with Crippen LogP contribution in [-0.4, -0.2) is 148 Å². The number of carbonyl (C=O) groups excluding carboxylic acids is 8. The Labute approximate surface area is 510 Å². The van der Waals surface area contributed by atoms with E-state index >= 15 is 9.59 Å². The Kier molecular flexibility index (Phi) is 24.0. The van der Waals surface area contributed by atoms with Gasteiger partial charge in [0.05, 0.1) is 39.6 Å². The van der Waals surface area contributed by atoms with Crippen LogP contribution in [0.1, 0.15) is 102 Å². The van der Waals surface area contributed by atoms with Crippen molar-refractivity contribution in [1.82, 2.24) is 46.4 Å². The second-order valence-electron chi connectivity index (χ2n) is 21.7. The number of likely N-dealkylation sites (tertiary alicyclic amines) is 2. The van der Waals surface area contributed by atoms with E-state index in [0.717, 1.165) is 21.9 Å². The van der Waals surface area contributed by atoms with Crippen molar-refractivity contribution in [3.8, 4) is 0 Å². The van der Waals surface area contributed by atoms with Crippen LogP contribution in [-0.2, 0) is 54.5 Å². The van der Waals surface area contributed by atoms with Crippen molar-refractivity contribution < 1.29 is 38.4 Å². The van der Waals surface area contributed by atoms with Gasteiger partial charge in [-0.15, -0.1) is 0 Å². The summed E-state index contributed by atoms with van der Waals surface area (Å²) >= 11 is 0. The number of para-hydroxylation sites is 2. The summed E-state index contributed by atoms with van der Waals surface area (Å²) in [6.45, 7) is 5.68. The lowest BCUT2D eigenvalue weighted by Crippen LogP contribution is -2.57. The van der Waals surface area contributed by atoms with Crippen LogP contribution >= 0.6 is 21.6 Å². The third kappa shape index (κ3) is 17.0. The van der Waals surface area contributed by atoms with Gasteiger partial charge in [0.1, 0.15) is 24.2 Å². The molecule has 0 unspecified atom stereocenters. The molecule has 2 fully saturated rings. The molecule has 7 amide bonds. The highest BCUT2D eigenvalue weighted by molar-refractivity contribution is 8.76. The lowest BCUT2D eigenvalue weighted by Gasteiger charge is -2.30. The smallest absolute Gasteiger partial charge is 0.253 e. The molecule has 19 nitrogen and oxygen atoms in total. The van der Waals surface area contributed by atoms with Crippen molar-refractivity contribution in [3.05, 3.63) is 155 Å². The summed E-state index contributed by atoms with van der Waals surface area (Å²) in [6.07, 6.45) is 4.06. The maximum Gasteiger partial charge on any atom is 0.253 e. The lowest BCUT2D eigenvalue weighted by molar-refractivity contribution is -0.140. The fourth-order valence-electron chi connectivity index (χ4n) is 11.1. The van der Waals surface area contributed by atoms with E-state index in [1.54, 1.807) is 12.1 Å². The highest BCUT2D eigenvalue weighted by atomic mass is 33.1. The van der Waals surface area contributed by atoms with Crippen LogP contribution in [0.25, 0.3) is 21.8 Å². The number of aryl methyl sites for hydroxylation is 2. The number of ketones is 1. The van der Waals surface area contributed by atoms with E-state index in [2.05, 4.69) is 26.6 Å². The molecular formula is C65H79N11O8S2. The molecule has 86 heavy (non-hydrogen) atoms. The zero-order chi connectivity index (χ0) is 61.0. The van der Waals surface area contributed by atoms with Crippen LogP contribution in [0.15, 0.2) is 121 Å². The van der Waals surface area contributed by atoms with Crippen LogP contribution in [0.3, 0.4) is 0 Å². The van der Waals surface area contributed by atoms with E-state index < -0.39 is 65.7 Å². The Morgan fingerprint density at radius 2 is 1.01 bits per heavy atom. The average molecular weight is 1210 g/mol.